The van der Waals surface area contributed by atoms with Crippen molar-refractivity contribution in [1.82, 2.24) is 0 Å². The van der Waals surface area contributed by atoms with Gasteiger partial charge >= 0.3 is 0 Å². The molecule has 1 rings (SSSR count). The SMILES string of the molecule is C=C(C1=C(C)CCCCC1)/C(N)=C\CC. The summed E-state index contributed by atoms with van der Waals surface area (Å²) in [6.45, 7) is 8.47. The van der Waals surface area contributed by atoms with Gasteiger partial charge in [0.1, 0.15) is 0 Å². The van der Waals surface area contributed by atoms with E-state index in [0.29, 0.717) is 0 Å². The highest BCUT2D eigenvalue weighted by molar-refractivity contribution is 5.45. The van der Waals surface area contributed by atoms with E-state index in [2.05, 4.69) is 26.5 Å². The van der Waals surface area contributed by atoms with E-state index in [1.807, 2.05) is 0 Å². The van der Waals surface area contributed by atoms with Gasteiger partial charge in [0.15, 0.2) is 0 Å². The van der Waals surface area contributed by atoms with Gasteiger partial charge in [-0.25, -0.2) is 0 Å². The summed E-state index contributed by atoms with van der Waals surface area (Å²) in [7, 11) is 0. The molecule has 0 aromatic carbocycles. The molecule has 0 radical (unpaired) electrons. The first-order chi connectivity index (χ1) is 7.16. The molecule has 0 spiro atoms. The Hall–Kier alpha value is -0.980. The van der Waals surface area contributed by atoms with Crippen molar-refractivity contribution >= 4 is 0 Å². The van der Waals surface area contributed by atoms with E-state index in [1.165, 1.54) is 36.8 Å². The number of hydrogen-bond acceptors (Lipinski definition) is 1. The van der Waals surface area contributed by atoms with Gasteiger partial charge in [-0.1, -0.05) is 31.6 Å². The van der Waals surface area contributed by atoms with Crippen LogP contribution in [0.1, 0.15) is 52.4 Å². The second-order valence-electron chi connectivity index (χ2n) is 4.37. The summed E-state index contributed by atoms with van der Waals surface area (Å²) in [5.74, 6) is 0. The number of nitrogens with two attached hydrogens (primary N) is 1. The van der Waals surface area contributed by atoms with Gasteiger partial charge < -0.3 is 5.73 Å². The minimum absolute atomic E-state index is 0.869. The topological polar surface area (TPSA) is 26.0 Å². The van der Waals surface area contributed by atoms with Crippen molar-refractivity contribution in [1.29, 1.82) is 0 Å². The summed E-state index contributed by atoms with van der Waals surface area (Å²) < 4.78 is 0. The Morgan fingerprint density at radius 1 is 1.33 bits per heavy atom. The quantitative estimate of drug-likeness (QED) is 0.690. The molecule has 0 aromatic rings. The van der Waals surface area contributed by atoms with E-state index in [1.54, 1.807) is 0 Å². The van der Waals surface area contributed by atoms with Gasteiger partial charge in [0.05, 0.1) is 0 Å². The summed E-state index contributed by atoms with van der Waals surface area (Å²) in [5.41, 5.74) is 10.8. The average molecular weight is 205 g/mol. The van der Waals surface area contributed by atoms with Crippen LogP contribution in [0.15, 0.2) is 35.1 Å². The van der Waals surface area contributed by atoms with Crippen molar-refractivity contribution in [3.8, 4) is 0 Å². The third-order valence-corrected chi connectivity index (χ3v) is 3.13. The maximum atomic E-state index is 6.00. The second-order valence-corrected chi connectivity index (χ2v) is 4.37. The highest BCUT2D eigenvalue weighted by Gasteiger charge is 2.12. The molecule has 15 heavy (non-hydrogen) atoms. The molecule has 0 amide bonds. The van der Waals surface area contributed by atoms with Gasteiger partial charge in [0, 0.05) is 5.70 Å². The minimum Gasteiger partial charge on any atom is -0.399 e. The molecule has 1 aliphatic carbocycles. The summed E-state index contributed by atoms with van der Waals surface area (Å²) in [5, 5.41) is 0. The first-order valence-electron chi connectivity index (χ1n) is 6.00. The lowest BCUT2D eigenvalue weighted by Gasteiger charge is -2.13. The Kier molecular flexibility index (Phi) is 4.67. The molecule has 84 valence electrons. The van der Waals surface area contributed by atoms with Crippen LogP contribution in [0.2, 0.25) is 0 Å². The van der Waals surface area contributed by atoms with Crippen LogP contribution in [0, 0.1) is 0 Å². The van der Waals surface area contributed by atoms with E-state index < -0.39 is 0 Å². The van der Waals surface area contributed by atoms with Crippen LogP contribution in [-0.4, -0.2) is 0 Å². The zero-order valence-corrected chi connectivity index (χ0v) is 10.1. The summed E-state index contributed by atoms with van der Waals surface area (Å²) in [6, 6.07) is 0. The number of hydrogen-bond donors (Lipinski definition) is 1. The molecule has 1 aliphatic rings. The molecule has 0 saturated carbocycles. The Balaban J connectivity index is 2.85. The van der Waals surface area contributed by atoms with Crippen molar-refractivity contribution in [2.75, 3.05) is 0 Å². The van der Waals surface area contributed by atoms with E-state index in [4.69, 9.17) is 5.73 Å². The zero-order chi connectivity index (χ0) is 11.3. The highest BCUT2D eigenvalue weighted by atomic mass is 14.6. The first-order valence-corrected chi connectivity index (χ1v) is 6.00. The average Bonchev–Trinajstić information content (AvgIpc) is 2.42. The fourth-order valence-corrected chi connectivity index (χ4v) is 2.16. The smallest absolute Gasteiger partial charge is 0.0343 e. The Bertz CT molecular complexity index is 294. The maximum absolute atomic E-state index is 6.00. The van der Waals surface area contributed by atoms with Crippen LogP contribution in [-0.2, 0) is 0 Å². The molecule has 0 fully saturated rings. The van der Waals surface area contributed by atoms with Crippen LogP contribution in [0.5, 0.6) is 0 Å². The lowest BCUT2D eigenvalue weighted by atomic mass is 9.95. The summed E-state index contributed by atoms with van der Waals surface area (Å²) in [4.78, 5) is 0. The molecular weight excluding hydrogens is 182 g/mol. The molecular formula is C14H23N. The molecule has 0 aliphatic heterocycles. The van der Waals surface area contributed by atoms with Gasteiger partial charge in [-0.15, -0.1) is 0 Å². The largest absolute Gasteiger partial charge is 0.399 e. The van der Waals surface area contributed by atoms with Gasteiger partial charge in [-0.3, -0.25) is 0 Å². The lowest BCUT2D eigenvalue weighted by Crippen LogP contribution is -2.04. The minimum atomic E-state index is 0.869. The van der Waals surface area contributed by atoms with E-state index in [-0.39, 0.29) is 0 Å². The second kappa shape index (κ2) is 5.79. The molecule has 0 aromatic heterocycles. The summed E-state index contributed by atoms with van der Waals surface area (Å²) in [6.07, 6.45) is 9.36. The zero-order valence-electron chi connectivity index (χ0n) is 10.1. The van der Waals surface area contributed by atoms with Gasteiger partial charge in [0.2, 0.25) is 0 Å². The Morgan fingerprint density at radius 2 is 2.00 bits per heavy atom. The molecule has 0 saturated heterocycles. The van der Waals surface area contributed by atoms with Crippen molar-refractivity contribution < 1.29 is 0 Å². The fourth-order valence-electron chi connectivity index (χ4n) is 2.16. The van der Waals surface area contributed by atoms with Crippen molar-refractivity contribution in [3.05, 3.63) is 35.1 Å². The van der Waals surface area contributed by atoms with Crippen LogP contribution >= 0.6 is 0 Å². The standard InChI is InChI=1S/C14H23N/c1-4-8-14(15)12(3)13-10-7-5-6-9-11(13)2/h8H,3-7,9-10,15H2,1-2H3/b14-8+. The van der Waals surface area contributed by atoms with Crippen LogP contribution < -0.4 is 5.73 Å². The predicted molar refractivity (Wildman–Crippen MR) is 67.5 cm³/mol. The Labute approximate surface area is 93.7 Å². The van der Waals surface area contributed by atoms with E-state index in [9.17, 15) is 0 Å². The molecule has 0 heterocycles. The van der Waals surface area contributed by atoms with Crippen LogP contribution in [0.3, 0.4) is 0 Å². The van der Waals surface area contributed by atoms with E-state index >= 15 is 0 Å². The van der Waals surface area contributed by atoms with Crippen molar-refractivity contribution in [2.24, 2.45) is 5.73 Å². The van der Waals surface area contributed by atoms with Crippen molar-refractivity contribution in [3.63, 3.8) is 0 Å². The predicted octanol–water partition coefficient (Wildman–Crippen LogP) is 4.08. The van der Waals surface area contributed by atoms with Crippen LogP contribution in [0.4, 0.5) is 0 Å². The fraction of sp³-hybridized carbons (Fsp3) is 0.571. The molecule has 1 nitrogen and oxygen atoms in total. The highest BCUT2D eigenvalue weighted by Crippen LogP contribution is 2.29. The molecule has 0 bridgehead atoms. The lowest BCUT2D eigenvalue weighted by molar-refractivity contribution is 0.707. The molecule has 0 unspecified atom stereocenters. The molecule has 2 N–H and O–H groups in total. The normalized spacial score (nSPS) is 18.9. The number of allylic oxidation sites excluding steroid dienone is 3. The molecule has 1 heteroatoms. The Morgan fingerprint density at radius 3 is 2.67 bits per heavy atom. The third-order valence-electron chi connectivity index (χ3n) is 3.13. The third kappa shape index (κ3) is 3.26. The summed E-state index contributed by atoms with van der Waals surface area (Å²) >= 11 is 0. The van der Waals surface area contributed by atoms with E-state index in [0.717, 1.165) is 24.1 Å². The molecule has 0 atom stereocenters. The maximum Gasteiger partial charge on any atom is 0.0343 e. The van der Waals surface area contributed by atoms with Gasteiger partial charge in [-0.2, -0.15) is 0 Å². The monoisotopic (exact) mass is 205 g/mol. The van der Waals surface area contributed by atoms with Gasteiger partial charge in [0.25, 0.3) is 0 Å². The van der Waals surface area contributed by atoms with Crippen molar-refractivity contribution in [2.45, 2.75) is 52.4 Å². The number of rotatable bonds is 3. The van der Waals surface area contributed by atoms with Crippen LogP contribution in [0.25, 0.3) is 0 Å². The first kappa shape index (κ1) is 12.1. The van der Waals surface area contributed by atoms with Gasteiger partial charge in [-0.05, 0) is 50.2 Å².